The van der Waals surface area contributed by atoms with Crippen LogP contribution in [0.5, 0.6) is 5.75 Å². The van der Waals surface area contributed by atoms with Crippen LogP contribution in [0.15, 0.2) is 18.2 Å². The average Bonchev–Trinajstić information content (AvgIpc) is 2.49. The molecule has 118 valence electrons. The molecule has 1 aliphatic heterocycles. The van der Waals surface area contributed by atoms with Crippen molar-refractivity contribution in [3.05, 3.63) is 28.2 Å². The molecule has 1 aromatic rings. The van der Waals surface area contributed by atoms with Crippen LogP contribution in [0.2, 0.25) is 10.0 Å². The van der Waals surface area contributed by atoms with Gasteiger partial charge in [-0.25, -0.2) is 0 Å². The Morgan fingerprint density at radius 1 is 1.29 bits per heavy atom. The standard InChI is InChI=1S/C16H24Cl2N2O/c1-3-13-11-20(14(4-2)10-19-13)7-8-21-16-6-5-12(17)9-15(16)18/h5-6,9,13-14,19H,3-4,7-8,10-11H2,1-2H3. The van der Waals surface area contributed by atoms with Gasteiger partial charge in [0.05, 0.1) is 5.02 Å². The summed E-state index contributed by atoms with van der Waals surface area (Å²) >= 11 is 12.0. The number of halogens is 2. The van der Waals surface area contributed by atoms with Gasteiger partial charge in [0.15, 0.2) is 0 Å². The summed E-state index contributed by atoms with van der Waals surface area (Å²) in [6, 6.07) is 6.53. The number of hydrogen-bond acceptors (Lipinski definition) is 3. The van der Waals surface area contributed by atoms with E-state index < -0.39 is 0 Å². The maximum Gasteiger partial charge on any atom is 0.138 e. The largest absolute Gasteiger partial charge is 0.491 e. The molecule has 1 fully saturated rings. The minimum absolute atomic E-state index is 0.571. The van der Waals surface area contributed by atoms with Crippen molar-refractivity contribution in [1.82, 2.24) is 10.2 Å². The second-order valence-corrected chi connectivity index (χ2v) is 6.34. The maximum absolute atomic E-state index is 6.12. The molecule has 2 unspecified atom stereocenters. The van der Waals surface area contributed by atoms with Crippen molar-refractivity contribution < 1.29 is 4.74 Å². The fourth-order valence-electron chi connectivity index (χ4n) is 2.74. The second kappa shape index (κ2) is 8.23. The number of piperazine rings is 1. The molecule has 5 heteroatoms. The van der Waals surface area contributed by atoms with E-state index in [4.69, 9.17) is 27.9 Å². The molecule has 1 saturated heterocycles. The Labute approximate surface area is 137 Å². The van der Waals surface area contributed by atoms with Gasteiger partial charge < -0.3 is 10.1 Å². The van der Waals surface area contributed by atoms with Crippen LogP contribution in [0.4, 0.5) is 0 Å². The zero-order chi connectivity index (χ0) is 15.2. The fourth-order valence-corrected chi connectivity index (χ4v) is 3.21. The first-order chi connectivity index (χ1) is 10.1. The molecule has 0 amide bonds. The SMILES string of the molecule is CCC1CN(CCOc2ccc(Cl)cc2Cl)C(CC)CN1. The quantitative estimate of drug-likeness (QED) is 0.857. The lowest BCUT2D eigenvalue weighted by atomic mass is 10.1. The normalized spacial score (nSPS) is 23.2. The molecule has 0 radical (unpaired) electrons. The van der Waals surface area contributed by atoms with Crippen LogP contribution >= 0.6 is 23.2 Å². The smallest absolute Gasteiger partial charge is 0.138 e. The molecule has 1 aromatic carbocycles. The summed E-state index contributed by atoms with van der Waals surface area (Å²) in [5, 5.41) is 4.81. The molecule has 0 bridgehead atoms. The molecule has 1 N–H and O–H groups in total. The van der Waals surface area contributed by atoms with Crippen molar-refractivity contribution in [1.29, 1.82) is 0 Å². The zero-order valence-corrected chi connectivity index (χ0v) is 14.3. The first kappa shape index (κ1) is 16.9. The van der Waals surface area contributed by atoms with Gasteiger partial charge in [-0.2, -0.15) is 0 Å². The Balaban J connectivity index is 1.85. The van der Waals surface area contributed by atoms with Gasteiger partial charge >= 0.3 is 0 Å². The van der Waals surface area contributed by atoms with Gasteiger partial charge in [0.1, 0.15) is 12.4 Å². The number of benzene rings is 1. The van der Waals surface area contributed by atoms with E-state index in [1.54, 1.807) is 12.1 Å². The van der Waals surface area contributed by atoms with E-state index >= 15 is 0 Å². The van der Waals surface area contributed by atoms with E-state index in [1.807, 2.05) is 6.07 Å². The lowest BCUT2D eigenvalue weighted by molar-refractivity contribution is 0.105. The molecule has 0 saturated carbocycles. The second-order valence-electron chi connectivity index (χ2n) is 5.49. The van der Waals surface area contributed by atoms with Gasteiger partial charge in [0.25, 0.3) is 0 Å². The van der Waals surface area contributed by atoms with Crippen molar-refractivity contribution >= 4 is 23.2 Å². The summed E-state index contributed by atoms with van der Waals surface area (Å²) in [6.45, 7) is 8.20. The van der Waals surface area contributed by atoms with Crippen molar-refractivity contribution in [3.8, 4) is 5.75 Å². The maximum atomic E-state index is 6.12. The molecular formula is C16H24Cl2N2O. The number of ether oxygens (including phenoxy) is 1. The molecule has 3 nitrogen and oxygen atoms in total. The lowest BCUT2D eigenvalue weighted by Crippen LogP contribution is -2.56. The van der Waals surface area contributed by atoms with Gasteiger partial charge in [-0.1, -0.05) is 37.0 Å². The topological polar surface area (TPSA) is 24.5 Å². The van der Waals surface area contributed by atoms with Crippen LogP contribution in [-0.2, 0) is 0 Å². The first-order valence-corrected chi connectivity index (χ1v) is 8.44. The van der Waals surface area contributed by atoms with Crippen molar-refractivity contribution in [3.63, 3.8) is 0 Å². The highest BCUT2D eigenvalue weighted by atomic mass is 35.5. The summed E-state index contributed by atoms with van der Waals surface area (Å²) < 4.78 is 5.80. The molecule has 2 rings (SSSR count). The Morgan fingerprint density at radius 3 is 2.76 bits per heavy atom. The first-order valence-electron chi connectivity index (χ1n) is 7.69. The zero-order valence-electron chi connectivity index (χ0n) is 12.7. The molecular weight excluding hydrogens is 307 g/mol. The average molecular weight is 331 g/mol. The van der Waals surface area contributed by atoms with E-state index in [-0.39, 0.29) is 0 Å². The lowest BCUT2D eigenvalue weighted by Gasteiger charge is -2.39. The summed E-state index contributed by atoms with van der Waals surface area (Å²) in [5.41, 5.74) is 0. The van der Waals surface area contributed by atoms with E-state index in [0.29, 0.717) is 34.5 Å². The minimum atomic E-state index is 0.571. The Hall–Kier alpha value is -0.480. The van der Waals surface area contributed by atoms with Crippen LogP contribution < -0.4 is 10.1 Å². The van der Waals surface area contributed by atoms with Crippen molar-refractivity contribution in [2.45, 2.75) is 38.8 Å². The van der Waals surface area contributed by atoms with Crippen LogP contribution in [0.1, 0.15) is 26.7 Å². The van der Waals surface area contributed by atoms with Gasteiger partial charge in [-0.05, 0) is 31.0 Å². The highest BCUT2D eigenvalue weighted by Gasteiger charge is 2.25. The highest BCUT2D eigenvalue weighted by molar-refractivity contribution is 6.35. The number of hydrogen-bond donors (Lipinski definition) is 1. The summed E-state index contributed by atoms with van der Waals surface area (Å²) in [4.78, 5) is 2.52. The van der Waals surface area contributed by atoms with Crippen molar-refractivity contribution in [2.75, 3.05) is 26.2 Å². The van der Waals surface area contributed by atoms with Gasteiger partial charge in [-0.3, -0.25) is 4.90 Å². The Kier molecular flexibility index (Phi) is 6.62. The van der Waals surface area contributed by atoms with Crippen LogP contribution in [0.25, 0.3) is 0 Å². The third-order valence-corrected chi connectivity index (χ3v) is 4.64. The molecule has 21 heavy (non-hydrogen) atoms. The van der Waals surface area contributed by atoms with Crippen molar-refractivity contribution in [2.24, 2.45) is 0 Å². The van der Waals surface area contributed by atoms with Gasteiger partial charge in [0.2, 0.25) is 0 Å². The Bertz CT molecular complexity index is 456. The van der Waals surface area contributed by atoms with Crippen LogP contribution in [0.3, 0.4) is 0 Å². The summed E-state index contributed by atoms with van der Waals surface area (Å²) in [5.74, 6) is 0.705. The molecule has 0 aliphatic carbocycles. The molecule has 0 spiro atoms. The van der Waals surface area contributed by atoms with Crippen LogP contribution in [-0.4, -0.2) is 43.2 Å². The predicted molar refractivity (Wildman–Crippen MR) is 89.7 cm³/mol. The van der Waals surface area contributed by atoms with E-state index in [1.165, 1.54) is 0 Å². The summed E-state index contributed by atoms with van der Waals surface area (Å²) in [7, 11) is 0. The number of nitrogens with zero attached hydrogens (tertiary/aromatic N) is 1. The molecule has 1 heterocycles. The minimum Gasteiger partial charge on any atom is -0.491 e. The third-order valence-electron chi connectivity index (χ3n) is 4.11. The Morgan fingerprint density at radius 2 is 2.10 bits per heavy atom. The van der Waals surface area contributed by atoms with Crippen LogP contribution in [0, 0.1) is 0 Å². The van der Waals surface area contributed by atoms with E-state index in [0.717, 1.165) is 32.5 Å². The van der Waals surface area contributed by atoms with Gasteiger partial charge in [0, 0.05) is 36.7 Å². The molecule has 2 atom stereocenters. The number of nitrogens with one attached hydrogen (secondary N) is 1. The monoisotopic (exact) mass is 330 g/mol. The molecule has 0 aromatic heterocycles. The molecule has 1 aliphatic rings. The van der Waals surface area contributed by atoms with E-state index in [2.05, 4.69) is 24.1 Å². The predicted octanol–water partition coefficient (Wildman–Crippen LogP) is 3.83. The third kappa shape index (κ3) is 4.75. The van der Waals surface area contributed by atoms with Gasteiger partial charge in [-0.15, -0.1) is 0 Å². The highest BCUT2D eigenvalue weighted by Crippen LogP contribution is 2.27. The van der Waals surface area contributed by atoms with E-state index in [9.17, 15) is 0 Å². The number of rotatable bonds is 6. The fraction of sp³-hybridized carbons (Fsp3) is 0.625. The summed E-state index contributed by atoms with van der Waals surface area (Å²) in [6.07, 6.45) is 2.32.